The SMILES string of the molecule is CCCCC(CCC)(CNC)COC. The summed E-state index contributed by atoms with van der Waals surface area (Å²) in [5, 5.41) is 3.31. The molecule has 0 heterocycles. The van der Waals surface area contributed by atoms with Gasteiger partial charge >= 0.3 is 0 Å². The highest BCUT2D eigenvalue weighted by Gasteiger charge is 2.27. The Morgan fingerprint density at radius 1 is 1.14 bits per heavy atom. The molecule has 0 aromatic rings. The Labute approximate surface area is 89.4 Å². The van der Waals surface area contributed by atoms with Crippen LogP contribution in [0.3, 0.4) is 0 Å². The number of hydrogen-bond acceptors (Lipinski definition) is 2. The fraction of sp³-hybridized carbons (Fsp3) is 1.00. The molecule has 0 radical (unpaired) electrons. The lowest BCUT2D eigenvalue weighted by molar-refractivity contribution is 0.0632. The summed E-state index contributed by atoms with van der Waals surface area (Å²) in [6.07, 6.45) is 6.38. The summed E-state index contributed by atoms with van der Waals surface area (Å²) in [5.74, 6) is 0. The standard InChI is InChI=1S/C12H27NO/c1-5-7-9-12(8-6-2,10-13-3)11-14-4/h13H,5-11H2,1-4H3. The van der Waals surface area contributed by atoms with Crippen LogP contribution in [0, 0.1) is 5.41 Å². The van der Waals surface area contributed by atoms with Gasteiger partial charge in [-0.25, -0.2) is 0 Å². The van der Waals surface area contributed by atoms with Gasteiger partial charge in [-0.05, 0) is 19.9 Å². The van der Waals surface area contributed by atoms with Crippen LogP contribution in [-0.4, -0.2) is 27.3 Å². The smallest absolute Gasteiger partial charge is 0.0530 e. The summed E-state index contributed by atoms with van der Waals surface area (Å²) in [6, 6.07) is 0. The van der Waals surface area contributed by atoms with E-state index >= 15 is 0 Å². The van der Waals surface area contributed by atoms with Gasteiger partial charge in [-0.2, -0.15) is 0 Å². The van der Waals surface area contributed by atoms with Crippen LogP contribution in [0.2, 0.25) is 0 Å². The molecule has 14 heavy (non-hydrogen) atoms. The molecular formula is C12H27NO. The van der Waals surface area contributed by atoms with Gasteiger partial charge < -0.3 is 10.1 Å². The number of unbranched alkanes of at least 4 members (excludes halogenated alkanes) is 1. The van der Waals surface area contributed by atoms with E-state index in [2.05, 4.69) is 19.2 Å². The number of methoxy groups -OCH3 is 1. The molecule has 0 saturated carbocycles. The first-order valence-corrected chi connectivity index (χ1v) is 5.88. The third kappa shape index (κ3) is 4.97. The molecule has 0 amide bonds. The van der Waals surface area contributed by atoms with Gasteiger partial charge in [0.05, 0.1) is 6.61 Å². The van der Waals surface area contributed by atoms with Gasteiger partial charge in [-0.3, -0.25) is 0 Å². The number of ether oxygens (including phenoxy) is 1. The number of rotatable bonds is 9. The fourth-order valence-corrected chi connectivity index (χ4v) is 2.26. The molecule has 2 nitrogen and oxygen atoms in total. The van der Waals surface area contributed by atoms with Crippen molar-refractivity contribution < 1.29 is 4.74 Å². The van der Waals surface area contributed by atoms with E-state index in [-0.39, 0.29) is 0 Å². The Balaban J connectivity index is 4.21. The van der Waals surface area contributed by atoms with E-state index in [0.29, 0.717) is 5.41 Å². The Hall–Kier alpha value is -0.0800. The van der Waals surface area contributed by atoms with Crippen LogP contribution < -0.4 is 5.32 Å². The van der Waals surface area contributed by atoms with Gasteiger partial charge in [0.25, 0.3) is 0 Å². The second-order valence-electron chi connectivity index (χ2n) is 4.32. The first kappa shape index (κ1) is 13.9. The molecule has 0 rings (SSSR count). The average molecular weight is 201 g/mol. The Morgan fingerprint density at radius 2 is 1.86 bits per heavy atom. The third-order valence-corrected chi connectivity index (χ3v) is 2.84. The lowest BCUT2D eigenvalue weighted by Gasteiger charge is -2.33. The Bertz CT molecular complexity index is 108. The minimum absolute atomic E-state index is 0.369. The van der Waals surface area contributed by atoms with E-state index in [1.54, 1.807) is 0 Å². The second-order valence-corrected chi connectivity index (χ2v) is 4.32. The van der Waals surface area contributed by atoms with Gasteiger partial charge in [0.2, 0.25) is 0 Å². The maximum absolute atomic E-state index is 5.37. The summed E-state index contributed by atoms with van der Waals surface area (Å²) in [4.78, 5) is 0. The molecule has 0 fully saturated rings. The zero-order valence-corrected chi connectivity index (χ0v) is 10.4. The Morgan fingerprint density at radius 3 is 2.29 bits per heavy atom. The topological polar surface area (TPSA) is 21.3 Å². The first-order chi connectivity index (χ1) is 6.74. The molecule has 0 bridgehead atoms. The van der Waals surface area contributed by atoms with Crippen molar-refractivity contribution in [3.05, 3.63) is 0 Å². The number of hydrogen-bond donors (Lipinski definition) is 1. The van der Waals surface area contributed by atoms with Crippen molar-refractivity contribution >= 4 is 0 Å². The summed E-state index contributed by atoms with van der Waals surface area (Å²) in [5.41, 5.74) is 0.369. The quantitative estimate of drug-likeness (QED) is 0.619. The van der Waals surface area contributed by atoms with Gasteiger partial charge in [0, 0.05) is 19.1 Å². The maximum atomic E-state index is 5.37. The van der Waals surface area contributed by atoms with Crippen molar-refractivity contribution in [3.8, 4) is 0 Å². The highest BCUT2D eigenvalue weighted by molar-refractivity contribution is 4.80. The molecule has 0 aliphatic rings. The van der Waals surface area contributed by atoms with Crippen LogP contribution in [-0.2, 0) is 4.74 Å². The highest BCUT2D eigenvalue weighted by atomic mass is 16.5. The third-order valence-electron chi connectivity index (χ3n) is 2.84. The second kappa shape index (κ2) is 8.25. The molecule has 86 valence electrons. The zero-order valence-electron chi connectivity index (χ0n) is 10.4. The molecule has 1 N–H and O–H groups in total. The van der Waals surface area contributed by atoms with Crippen LogP contribution in [0.5, 0.6) is 0 Å². The largest absolute Gasteiger partial charge is 0.384 e. The van der Waals surface area contributed by atoms with Crippen LogP contribution in [0.4, 0.5) is 0 Å². The molecule has 0 saturated heterocycles. The summed E-state index contributed by atoms with van der Waals surface area (Å²) < 4.78 is 5.37. The maximum Gasteiger partial charge on any atom is 0.0530 e. The van der Waals surface area contributed by atoms with Gasteiger partial charge in [-0.1, -0.05) is 33.1 Å². The van der Waals surface area contributed by atoms with Gasteiger partial charge in [0.15, 0.2) is 0 Å². The van der Waals surface area contributed by atoms with Crippen LogP contribution in [0.25, 0.3) is 0 Å². The predicted octanol–water partition coefficient (Wildman–Crippen LogP) is 2.83. The monoisotopic (exact) mass is 201 g/mol. The minimum Gasteiger partial charge on any atom is -0.384 e. The van der Waals surface area contributed by atoms with E-state index < -0.39 is 0 Å². The highest BCUT2D eigenvalue weighted by Crippen LogP contribution is 2.30. The molecule has 1 unspecified atom stereocenters. The molecule has 0 aliphatic carbocycles. The number of nitrogens with one attached hydrogen (secondary N) is 1. The van der Waals surface area contributed by atoms with Gasteiger partial charge in [0.1, 0.15) is 0 Å². The molecule has 1 atom stereocenters. The summed E-state index contributed by atoms with van der Waals surface area (Å²) in [6.45, 7) is 6.48. The van der Waals surface area contributed by atoms with E-state index in [1.165, 1.54) is 32.1 Å². The summed E-state index contributed by atoms with van der Waals surface area (Å²) >= 11 is 0. The molecule has 0 aromatic carbocycles. The van der Waals surface area contributed by atoms with Crippen molar-refractivity contribution in [3.63, 3.8) is 0 Å². The van der Waals surface area contributed by atoms with Crippen LogP contribution in [0.1, 0.15) is 46.0 Å². The van der Waals surface area contributed by atoms with Crippen LogP contribution in [0.15, 0.2) is 0 Å². The van der Waals surface area contributed by atoms with Gasteiger partial charge in [-0.15, -0.1) is 0 Å². The van der Waals surface area contributed by atoms with E-state index in [1.807, 2.05) is 14.2 Å². The molecular weight excluding hydrogens is 174 g/mol. The summed E-state index contributed by atoms with van der Waals surface area (Å²) in [7, 11) is 3.85. The van der Waals surface area contributed by atoms with Crippen LogP contribution >= 0.6 is 0 Å². The lowest BCUT2D eigenvalue weighted by Crippen LogP contribution is -2.36. The zero-order chi connectivity index (χ0) is 10.9. The normalized spacial score (nSPS) is 15.4. The Kier molecular flexibility index (Phi) is 8.20. The van der Waals surface area contributed by atoms with Crippen molar-refractivity contribution in [1.29, 1.82) is 0 Å². The fourth-order valence-electron chi connectivity index (χ4n) is 2.26. The molecule has 0 aromatic heterocycles. The lowest BCUT2D eigenvalue weighted by atomic mass is 9.79. The molecule has 0 aliphatic heterocycles. The van der Waals surface area contributed by atoms with Crippen molar-refractivity contribution in [2.75, 3.05) is 27.3 Å². The van der Waals surface area contributed by atoms with Crippen molar-refractivity contribution in [2.45, 2.75) is 46.0 Å². The predicted molar refractivity (Wildman–Crippen MR) is 62.7 cm³/mol. The van der Waals surface area contributed by atoms with Crippen molar-refractivity contribution in [1.82, 2.24) is 5.32 Å². The average Bonchev–Trinajstić information content (AvgIpc) is 2.16. The van der Waals surface area contributed by atoms with E-state index in [4.69, 9.17) is 4.74 Å². The molecule has 0 spiro atoms. The molecule has 2 heteroatoms. The van der Waals surface area contributed by atoms with E-state index in [0.717, 1.165) is 13.2 Å². The van der Waals surface area contributed by atoms with E-state index in [9.17, 15) is 0 Å². The van der Waals surface area contributed by atoms with Crippen molar-refractivity contribution in [2.24, 2.45) is 5.41 Å². The minimum atomic E-state index is 0.369. The first-order valence-electron chi connectivity index (χ1n) is 5.88.